The van der Waals surface area contributed by atoms with Gasteiger partial charge in [0.15, 0.2) is 0 Å². The summed E-state index contributed by atoms with van der Waals surface area (Å²) in [6, 6.07) is 14.8. The van der Waals surface area contributed by atoms with Crippen LogP contribution in [0.2, 0.25) is 0 Å². The topological polar surface area (TPSA) is 72.9 Å². The summed E-state index contributed by atoms with van der Waals surface area (Å²) < 4.78 is 38.0. The lowest BCUT2D eigenvalue weighted by Crippen LogP contribution is -2.54. The van der Waals surface area contributed by atoms with Gasteiger partial charge in [0.2, 0.25) is 13.8 Å². The van der Waals surface area contributed by atoms with Crippen molar-refractivity contribution in [3.05, 3.63) is 77.4 Å². The third-order valence-corrected chi connectivity index (χ3v) is 8.56. The van der Waals surface area contributed by atoms with Gasteiger partial charge >= 0.3 is 5.97 Å². The van der Waals surface area contributed by atoms with Gasteiger partial charge in [0.25, 0.3) is 0 Å². The molecule has 196 valence electrons. The molecular formula is C26H30Cl3NO5S. The van der Waals surface area contributed by atoms with Gasteiger partial charge < -0.3 is 9.47 Å². The Labute approximate surface area is 228 Å². The maximum absolute atomic E-state index is 13.8. The molecule has 0 N–H and O–H groups in total. The molecule has 2 aromatic rings. The van der Waals surface area contributed by atoms with E-state index >= 15 is 0 Å². The second kappa shape index (κ2) is 12.8. The lowest BCUT2D eigenvalue weighted by atomic mass is 9.96. The van der Waals surface area contributed by atoms with Crippen LogP contribution in [0.5, 0.6) is 0 Å². The molecule has 6 nitrogen and oxygen atoms in total. The van der Waals surface area contributed by atoms with E-state index in [1.807, 2.05) is 37.3 Å². The number of sulfonamides is 1. The molecule has 0 radical (unpaired) electrons. The Morgan fingerprint density at radius 3 is 2.33 bits per heavy atom. The van der Waals surface area contributed by atoms with Gasteiger partial charge in [0.1, 0.15) is 6.61 Å². The normalized spacial score (nSPS) is 19.1. The summed E-state index contributed by atoms with van der Waals surface area (Å²) in [5.41, 5.74) is 2.69. The van der Waals surface area contributed by atoms with Crippen LogP contribution in [0.15, 0.2) is 71.1 Å². The number of halogens is 3. The molecule has 36 heavy (non-hydrogen) atoms. The largest absolute Gasteiger partial charge is 0.461 e. The van der Waals surface area contributed by atoms with Crippen molar-refractivity contribution in [1.29, 1.82) is 0 Å². The Balaban J connectivity index is 1.86. The van der Waals surface area contributed by atoms with Crippen molar-refractivity contribution in [2.75, 3.05) is 13.2 Å². The standard InChI is InChI=1S/C26H30Cl3NO5S/c1-19-10-12-24(13-11-19)36(32,33)30-23(9-6-14-34-17-21-7-4-3-5-8-21)15-22(18-35-20(2)31)16-25(30)26(27,28)29/h3-5,7-8,10-13,15,23,25H,6,9,14,16-18H2,1-2H3. The molecule has 0 saturated carbocycles. The molecule has 0 fully saturated rings. The van der Waals surface area contributed by atoms with Crippen molar-refractivity contribution in [2.45, 2.75) is 60.5 Å². The van der Waals surface area contributed by atoms with Crippen LogP contribution in [0, 0.1) is 6.92 Å². The van der Waals surface area contributed by atoms with Gasteiger partial charge in [0.05, 0.1) is 17.5 Å². The predicted molar refractivity (Wildman–Crippen MR) is 143 cm³/mol. The van der Waals surface area contributed by atoms with Crippen LogP contribution in [0.1, 0.15) is 37.3 Å². The maximum Gasteiger partial charge on any atom is 0.302 e. The quantitative estimate of drug-likeness (QED) is 0.151. The molecule has 0 aromatic heterocycles. The lowest BCUT2D eigenvalue weighted by Gasteiger charge is -2.42. The zero-order chi connectivity index (χ0) is 26.3. The maximum atomic E-state index is 13.8. The van der Waals surface area contributed by atoms with Gasteiger partial charge in [-0.05, 0) is 49.5 Å². The first kappa shape index (κ1) is 29.0. The summed E-state index contributed by atoms with van der Waals surface area (Å²) in [4.78, 5) is 11.5. The SMILES string of the molecule is CC(=O)OCC1=CC(CCCOCc2ccccc2)N(S(=O)(=O)c2ccc(C)cc2)C(C(Cl)(Cl)Cl)C1. The van der Waals surface area contributed by atoms with E-state index in [0.717, 1.165) is 11.1 Å². The molecule has 0 bridgehead atoms. The van der Waals surface area contributed by atoms with E-state index < -0.39 is 31.9 Å². The highest BCUT2D eigenvalue weighted by Crippen LogP contribution is 2.43. The number of aryl methyl sites for hydroxylation is 1. The molecule has 2 atom stereocenters. The minimum Gasteiger partial charge on any atom is -0.461 e. The van der Waals surface area contributed by atoms with Gasteiger partial charge in [-0.15, -0.1) is 0 Å². The number of ether oxygens (including phenoxy) is 2. The number of benzene rings is 2. The second-order valence-corrected chi connectivity index (χ2v) is 13.0. The number of esters is 1. The van der Waals surface area contributed by atoms with Gasteiger partial charge in [-0.25, -0.2) is 8.42 Å². The zero-order valence-electron chi connectivity index (χ0n) is 20.2. The van der Waals surface area contributed by atoms with Crippen LogP contribution in [0.25, 0.3) is 0 Å². The fourth-order valence-electron chi connectivity index (χ4n) is 4.09. The zero-order valence-corrected chi connectivity index (χ0v) is 23.3. The monoisotopic (exact) mass is 573 g/mol. The molecule has 1 aliphatic heterocycles. The molecule has 2 aromatic carbocycles. The molecule has 1 aliphatic rings. The highest BCUT2D eigenvalue weighted by molar-refractivity contribution is 7.89. The highest BCUT2D eigenvalue weighted by atomic mass is 35.6. The summed E-state index contributed by atoms with van der Waals surface area (Å²) in [5, 5.41) is 0. The number of nitrogens with zero attached hydrogens (tertiary/aromatic N) is 1. The summed E-state index contributed by atoms with van der Waals surface area (Å²) >= 11 is 19.0. The molecule has 10 heteroatoms. The summed E-state index contributed by atoms with van der Waals surface area (Å²) in [6.07, 6.45) is 2.93. The van der Waals surface area contributed by atoms with Crippen molar-refractivity contribution >= 4 is 50.8 Å². The third kappa shape index (κ3) is 7.94. The van der Waals surface area contributed by atoms with Gasteiger partial charge in [0, 0.05) is 19.6 Å². The van der Waals surface area contributed by atoms with E-state index in [2.05, 4.69) is 0 Å². The van der Waals surface area contributed by atoms with Crippen LogP contribution in [0.3, 0.4) is 0 Å². The van der Waals surface area contributed by atoms with E-state index in [1.165, 1.54) is 11.2 Å². The Hall–Kier alpha value is -1.61. The Morgan fingerprint density at radius 2 is 1.72 bits per heavy atom. The van der Waals surface area contributed by atoms with Crippen molar-refractivity contribution in [3.8, 4) is 0 Å². The molecule has 1 heterocycles. The summed E-state index contributed by atoms with van der Waals surface area (Å²) in [5.74, 6) is -0.443. The lowest BCUT2D eigenvalue weighted by molar-refractivity contribution is -0.140. The molecule has 3 rings (SSSR count). The molecule has 2 unspecified atom stereocenters. The minimum absolute atomic E-state index is 0.00596. The average Bonchev–Trinajstić information content (AvgIpc) is 2.82. The van der Waals surface area contributed by atoms with Gasteiger partial charge in [-0.1, -0.05) is 88.9 Å². The number of carbonyl (C=O) groups is 1. The van der Waals surface area contributed by atoms with Crippen molar-refractivity contribution in [1.82, 2.24) is 4.31 Å². The minimum atomic E-state index is -4.01. The van der Waals surface area contributed by atoms with Crippen LogP contribution in [-0.2, 0) is 30.9 Å². The second-order valence-electron chi connectivity index (χ2n) is 8.76. The van der Waals surface area contributed by atoms with E-state index in [-0.39, 0.29) is 17.9 Å². The predicted octanol–water partition coefficient (Wildman–Crippen LogP) is 5.98. The number of rotatable bonds is 10. The van der Waals surface area contributed by atoms with E-state index in [1.54, 1.807) is 30.3 Å². The Kier molecular flexibility index (Phi) is 10.3. The van der Waals surface area contributed by atoms with Crippen LogP contribution in [0.4, 0.5) is 0 Å². The Bertz CT molecular complexity index is 1150. The number of carbonyl (C=O) groups excluding carboxylic acids is 1. The molecule has 0 saturated heterocycles. The highest BCUT2D eigenvalue weighted by Gasteiger charge is 2.48. The van der Waals surface area contributed by atoms with Crippen molar-refractivity contribution < 1.29 is 22.7 Å². The first-order valence-electron chi connectivity index (χ1n) is 11.6. The van der Waals surface area contributed by atoms with Crippen molar-refractivity contribution in [2.24, 2.45) is 0 Å². The summed E-state index contributed by atoms with van der Waals surface area (Å²) in [6.45, 7) is 4.08. The van der Waals surface area contributed by atoms with Crippen LogP contribution in [-0.4, -0.2) is 47.8 Å². The van der Waals surface area contributed by atoms with Crippen molar-refractivity contribution in [3.63, 3.8) is 0 Å². The number of hydrogen-bond acceptors (Lipinski definition) is 5. The van der Waals surface area contributed by atoms with Gasteiger partial charge in [-0.3, -0.25) is 4.79 Å². The smallest absolute Gasteiger partial charge is 0.302 e. The van der Waals surface area contributed by atoms with E-state index in [9.17, 15) is 13.2 Å². The third-order valence-electron chi connectivity index (χ3n) is 5.85. The van der Waals surface area contributed by atoms with E-state index in [4.69, 9.17) is 44.3 Å². The number of hydrogen-bond donors (Lipinski definition) is 0. The summed E-state index contributed by atoms with van der Waals surface area (Å²) in [7, 11) is -4.01. The first-order chi connectivity index (χ1) is 17.0. The average molecular weight is 575 g/mol. The molecule has 0 spiro atoms. The fourth-order valence-corrected chi connectivity index (χ4v) is 6.63. The molecular weight excluding hydrogens is 545 g/mol. The number of alkyl halides is 3. The van der Waals surface area contributed by atoms with Gasteiger partial charge in [-0.2, -0.15) is 4.31 Å². The molecule has 0 amide bonds. The van der Waals surface area contributed by atoms with Crippen LogP contribution >= 0.6 is 34.8 Å². The Morgan fingerprint density at radius 1 is 1.06 bits per heavy atom. The fraction of sp³-hybridized carbons (Fsp3) is 0.423. The van der Waals surface area contributed by atoms with E-state index in [0.29, 0.717) is 31.6 Å². The molecule has 0 aliphatic carbocycles. The van der Waals surface area contributed by atoms with Crippen LogP contribution < -0.4 is 0 Å². The first-order valence-corrected chi connectivity index (χ1v) is 14.2.